The zero-order valence-electron chi connectivity index (χ0n) is 14.0. The van der Waals surface area contributed by atoms with Crippen molar-refractivity contribution in [2.45, 2.75) is 12.3 Å². The minimum Gasteiger partial charge on any atom is -0.339 e. The number of nitro groups is 1. The van der Waals surface area contributed by atoms with Crippen LogP contribution in [0.3, 0.4) is 0 Å². The molecular weight excluding hydrogens is 355 g/mol. The lowest BCUT2D eigenvalue weighted by molar-refractivity contribution is -0.544. The Morgan fingerprint density at radius 3 is 2.37 bits per heavy atom. The summed E-state index contributed by atoms with van der Waals surface area (Å²) in [4.78, 5) is 22.2. The number of hydrogen-bond donors (Lipinski definition) is 1. The number of halogens is 1. The maximum Gasteiger partial charge on any atom is 0.259 e. The maximum absolute atomic E-state index is 13.3. The van der Waals surface area contributed by atoms with E-state index in [1.54, 1.807) is 24.5 Å². The molecular formula is C18H15FN4O4. The van der Waals surface area contributed by atoms with Crippen LogP contribution < -0.4 is 0 Å². The number of pyridine rings is 1. The maximum atomic E-state index is 13.3. The summed E-state index contributed by atoms with van der Waals surface area (Å²) < 4.78 is 24.2. The first-order chi connectivity index (χ1) is 13.1. The Morgan fingerprint density at radius 2 is 1.74 bits per heavy atom. The second kappa shape index (κ2) is 7.22. The quantitative estimate of drug-likeness (QED) is 0.559. The molecule has 0 atom stereocenters. The van der Waals surface area contributed by atoms with Crippen molar-refractivity contribution < 1.29 is 18.8 Å². The third-order valence-corrected chi connectivity index (χ3v) is 4.21. The molecule has 1 aromatic carbocycles. The number of nitrogens with one attached hydrogen (secondary N) is 1. The van der Waals surface area contributed by atoms with Crippen molar-refractivity contribution in [3.8, 4) is 22.5 Å². The molecule has 0 spiro atoms. The van der Waals surface area contributed by atoms with E-state index in [9.17, 15) is 14.5 Å². The third-order valence-electron chi connectivity index (χ3n) is 4.21. The van der Waals surface area contributed by atoms with Crippen LogP contribution in [0, 0.1) is 15.9 Å². The predicted octanol–water partition coefficient (Wildman–Crippen LogP) is 2.97. The van der Waals surface area contributed by atoms with Crippen molar-refractivity contribution in [2.75, 3.05) is 13.2 Å². The van der Waals surface area contributed by atoms with Gasteiger partial charge in [0.25, 0.3) is 6.04 Å². The second-order valence-corrected chi connectivity index (χ2v) is 6.03. The lowest BCUT2D eigenvalue weighted by Gasteiger charge is -2.23. The number of aromatic amines is 1. The van der Waals surface area contributed by atoms with Crippen molar-refractivity contribution in [3.05, 3.63) is 70.5 Å². The fraction of sp³-hybridized carbons (Fsp3) is 0.222. The van der Waals surface area contributed by atoms with Gasteiger partial charge in [0.1, 0.15) is 19.0 Å². The monoisotopic (exact) mass is 370 g/mol. The van der Waals surface area contributed by atoms with Crippen LogP contribution in [0.2, 0.25) is 0 Å². The van der Waals surface area contributed by atoms with Gasteiger partial charge in [-0.1, -0.05) is 0 Å². The molecule has 9 heteroatoms. The van der Waals surface area contributed by atoms with Crippen LogP contribution in [0.25, 0.3) is 22.5 Å². The van der Waals surface area contributed by atoms with E-state index in [0.29, 0.717) is 22.8 Å². The Balaban J connectivity index is 1.70. The number of ether oxygens (including phenoxy) is 2. The van der Waals surface area contributed by atoms with E-state index in [1.165, 1.54) is 12.1 Å². The number of hydrogen-bond acceptors (Lipinski definition) is 6. The van der Waals surface area contributed by atoms with E-state index in [2.05, 4.69) is 15.0 Å². The van der Waals surface area contributed by atoms with Gasteiger partial charge in [0.05, 0.1) is 11.4 Å². The highest BCUT2D eigenvalue weighted by Crippen LogP contribution is 2.33. The predicted molar refractivity (Wildman–Crippen MR) is 92.6 cm³/mol. The minimum absolute atomic E-state index is 0.0607. The summed E-state index contributed by atoms with van der Waals surface area (Å²) in [5.74, 6) is 0.0488. The van der Waals surface area contributed by atoms with Crippen LogP contribution in [-0.2, 0) is 9.47 Å². The molecule has 0 saturated carbocycles. The number of H-pyrrole nitrogens is 1. The van der Waals surface area contributed by atoms with Crippen LogP contribution >= 0.6 is 0 Å². The average molecular weight is 370 g/mol. The molecule has 1 aliphatic rings. The average Bonchev–Trinajstić information content (AvgIpc) is 3.15. The molecule has 3 aromatic rings. The van der Waals surface area contributed by atoms with E-state index >= 15 is 0 Å². The molecule has 4 rings (SSSR count). The molecule has 27 heavy (non-hydrogen) atoms. The molecule has 1 saturated heterocycles. The lowest BCUT2D eigenvalue weighted by Crippen LogP contribution is -2.37. The fourth-order valence-corrected chi connectivity index (χ4v) is 2.82. The van der Waals surface area contributed by atoms with Gasteiger partial charge in [-0.25, -0.2) is 9.37 Å². The molecule has 8 nitrogen and oxygen atoms in total. The van der Waals surface area contributed by atoms with Gasteiger partial charge in [-0.15, -0.1) is 0 Å². The van der Waals surface area contributed by atoms with Gasteiger partial charge in [-0.05, 0) is 36.4 Å². The van der Waals surface area contributed by atoms with Gasteiger partial charge in [0.2, 0.25) is 6.29 Å². The Morgan fingerprint density at radius 1 is 1.07 bits per heavy atom. The van der Waals surface area contributed by atoms with Crippen LogP contribution in [0.1, 0.15) is 12.1 Å². The molecule has 0 unspecified atom stereocenters. The van der Waals surface area contributed by atoms with Crippen molar-refractivity contribution >= 4 is 0 Å². The first-order valence-electron chi connectivity index (χ1n) is 8.25. The van der Waals surface area contributed by atoms with Gasteiger partial charge in [0.15, 0.2) is 5.82 Å². The molecule has 2 aromatic heterocycles. The number of rotatable bonds is 4. The van der Waals surface area contributed by atoms with Crippen LogP contribution in [0.15, 0.2) is 48.8 Å². The number of aromatic nitrogens is 3. The zero-order valence-corrected chi connectivity index (χ0v) is 14.0. The molecule has 0 aliphatic carbocycles. The van der Waals surface area contributed by atoms with Crippen molar-refractivity contribution in [3.63, 3.8) is 0 Å². The smallest absolute Gasteiger partial charge is 0.259 e. The number of nitrogens with zero attached hydrogens (tertiary/aromatic N) is 3. The Labute approximate surface area is 153 Å². The topological polar surface area (TPSA) is 103 Å². The highest BCUT2D eigenvalue weighted by Gasteiger charge is 2.33. The van der Waals surface area contributed by atoms with Gasteiger partial charge in [-0.2, -0.15) is 0 Å². The molecule has 1 aliphatic heterocycles. The standard InChI is InChI=1S/C18H15FN4O4/c19-13-3-1-11(2-4-13)15-16(12-5-7-20-8-6-12)22-17(21-15)18-26-9-14(10-27-18)23(24)25/h1-8,14,18H,9-10H2,(H,21,22). The first-order valence-corrected chi connectivity index (χ1v) is 8.25. The fourth-order valence-electron chi connectivity index (χ4n) is 2.82. The second-order valence-electron chi connectivity index (χ2n) is 6.03. The Bertz CT molecular complexity index is 938. The SMILES string of the molecule is O=[N+]([O-])C1COC(c2nc(-c3ccc(F)cc3)c(-c3ccncc3)[nH]2)OC1. The normalized spacial score (nSPS) is 19.7. The molecule has 0 amide bonds. The van der Waals surface area contributed by atoms with E-state index in [-0.39, 0.29) is 19.0 Å². The van der Waals surface area contributed by atoms with Crippen LogP contribution in [-0.4, -0.2) is 39.1 Å². The summed E-state index contributed by atoms with van der Waals surface area (Å²) in [5.41, 5.74) is 2.84. The van der Waals surface area contributed by atoms with Gasteiger partial charge in [0, 0.05) is 28.4 Å². The summed E-state index contributed by atoms with van der Waals surface area (Å²) in [5, 5.41) is 10.8. The summed E-state index contributed by atoms with van der Waals surface area (Å²) in [7, 11) is 0. The molecule has 1 fully saturated rings. The highest BCUT2D eigenvalue weighted by atomic mass is 19.1. The van der Waals surface area contributed by atoms with E-state index in [0.717, 1.165) is 5.56 Å². The Kier molecular flexibility index (Phi) is 4.61. The van der Waals surface area contributed by atoms with E-state index < -0.39 is 17.3 Å². The summed E-state index contributed by atoms with van der Waals surface area (Å²) in [6.07, 6.45) is 2.47. The lowest BCUT2D eigenvalue weighted by atomic mass is 10.1. The number of imidazole rings is 1. The highest BCUT2D eigenvalue weighted by molar-refractivity contribution is 5.78. The molecule has 1 N–H and O–H groups in total. The first kappa shape index (κ1) is 17.3. The number of benzene rings is 1. The van der Waals surface area contributed by atoms with E-state index in [1.807, 2.05) is 12.1 Å². The summed E-state index contributed by atoms with van der Waals surface area (Å²) >= 11 is 0. The Hall–Kier alpha value is -3.17. The summed E-state index contributed by atoms with van der Waals surface area (Å²) in [6, 6.07) is 8.71. The minimum atomic E-state index is -0.896. The molecule has 3 heterocycles. The van der Waals surface area contributed by atoms with Gasteiger partial charge >= 0.3 is 0 Å². The van der Waals surface area contributed by atoms with Crippen molar-refractivity contribution in [1.82, 2.24) is 15.0 Å². The summed E-state index contributed by atoms with van der Waals surface area (Å²) in [6.45, 7) is -0.121. The molecule has 138 valence electrons. The van der Waals surface area contributed by atoms with E-state index in [4.69, 9.17) is 9.47 Å². The van der Waals surface area contributed by atoms with Gasteiger partial charge < -0.3 is 14.5 Å². The van der Waals surface area contributed by atoms with Crippen molar-refractivity contribution in [2.24, 2.45) is 0 Å². The molecule has 0 bridgehead atoms. The van der Waals surface area contributed by atoms with Crippen LogP contribution in [0.4, 0.5) is 4.39 Å². The largest absolute Gasteiger partial charge is 0.339 e. The van der Waals surface area contributed by atoms with Crippen molar-refractivity contribution in [1.29, 1.82) is 0 Å². The molecule has 0 radical (unpaired) electrons. The third kappa shape index (κ3) is 3.55. The van der Waals surface area contributed by atoms with Crippen LogP contribution in [0.5, 0.6) is 0 Å². The zero-order chi connectivity index (χ0) is 18.8. The van der Waals surface area contributed by atoms with Gasteiger partial charge in [-0.3, -0.25) is 15.1 Å².